The van der Waals surface area contributed by atoms with Crippen LogP contribution in [0.5, 0.6) is 0 Å². The van der Waals surface area contributed by atoms with Crippen LogP contribution in [0.3, 0.4) is 0 Å². The molecule has 7 nitrogen and oxygen atoms in total. The molecule has 1 aromatic carbocycles. The van der Waals surface area contributed by atoms with Crippen molar-refractivity contribution >= 4 is 46.0 Å². The fraction of sp³-hybridized carbons (Fsp3) is 0.542. The molecule has 1 unspecified atom stereocenters. The normalized spacial score (nSPS) is 22.2. The Balaban J connectivity index is 1.36. The second-order valence-electron chi connectivity index (χ2n) is 9.42. The largest absolute Gasteiger partial charge is 0.375 e. The lowest BCUT2D eigenvalue weighted by Gasteiger charge is -2.35. The monoisotopic (exact) mass is 547 g/mol. The van der Waals surface area contributed by atoms with E-state index in [0.717, 1.165) is 41.1 Å². The molecule has 3 heterocycles. The number of carbonyl (C=O) groups is 1. The molecular formula is C24H30IN5O2. The van der Waals surface area contributed by atoms with Crippen molar-refractivity contribution in [3.05, 3.63) is 39.1 Å². The zero-order chi connectivity index (χ0) is 22.3. The van der Waals surface area contributed by atoms with Gasteiger partial charge in [0.15, 0.2) is 0 Å². The molecule has 32 heavy (non-hydrogen) atoms. The molecule has 1 amide bonds. The topological polar surface area (TPSA) is 70.6 Å². The second-order valence-corrected chi connectivity index (χ2v) is 10.7. The first-order valence-corrected chi connectivity index (χ1v) is 12.6. The van der Waals surface area contributed by atoms with Crippen LogP contribution in [0.25, 0.3) is 0 Å². The number of amides is 1. The predicted molar refractivity (Wildman–Crippen MR) is 135 cm³/mol. The highest BCUT2D eigenvalue weighted by Gasteiger charge is 2.44. The number of aromatic nitrogens is 2. The van der Waals surface area contributed by atoms with Crippen molar-refractivity contribution in [1.82, 2.24) is 9.97 Å². The lowest BCUT2D eigenvalue weighted by molar-refractivity contribution is 0.0526. The Hall–Kier alpha value is -1.94. The quantitative estimate of drug-likeness (QED) is 0.578. The minimum absolute atomic E-state index is 0.123. The third kappa shape index (κ3) is 4.71. The van der Waals surface area contributed by atoms with Gasteiger partial charge in [-0.2, -0.15) is 4.98 Å². The lowest BCUT2D eigenvalue weighted by atomic mass is 9.93. The van der Waals surface area contributed by atoms with Crippen molar-refractivity contribution < 1.29 is 9.53 Å². The molecule has 0 radical (unpaired) electrons. The first-order chi connectivity index (χ1) is 15.4. The molecule has 1 atom stereocenters. The Labute approximate surface area is 203 Å². The van der Waals surface area contributed by atoms with Gasteiger partial charge in [0.25, 0.3) is 5.91 Å². The van der Waals surface area contributed by atoms with Crippen molar-refractivity contribution in [2.24, 2.45) is 5.41 Å². The number of aryl methyl sites for hydroxylation is 1. The highest BCUT2D eigenvalue weighted by molar-refractivity contribution is 14.1. The minimum atomic E-state index is -0.123. The second kappa shape index (κ2) is 8.78. The van der Waals surface area contributed by atoms with E-state index in [-0.39, 0.29) is 12.0 Å². The maximum atomic E-state index is 13.3. The van der Waals surface area contributed by atoms with Crippen molar-refractivity contribution in [1.29, 1.82) is 0 Å². The first kappa shape index (κ1) is 21.9. The van der Waals surface area contributed by atoms with Crippen LogP contribution in [-0.4, -0.2) is 54.8 Å². The van der Waals surface area contributed by atoms with Gasteiger partial charge in [-0.25, -0.2) is 4.98 Å². The standard InChI is InChI=1S/C24H30IN5O2/c1-16-13-21(28-23(26-16)30-11-12-32-17(2)15-30)27-22(31)19-4-3-18(25)14-20(19)29-9-7-24(5-6-24)8-10-29/h3-4,13-14,17H,5-12,15H2,1-2H3,(H,26,27,28,31). The van der Waals surface area contributed by atoms with E-state index in [0.29, 0.717) is 29.4 Å². The van der Waals surface area contributed by atoms with Gasteiger partial charge in [0.1, 0.15) is 5.82 Å². The van der Waals surface area contributed by atoms with Crippen LogP contribution < -0.4 is 15.1 Å². The number of carbonyl (C=O) groups excluding carboxylic acids is 1. The summed E-state index contributed by atoms with van der Waals surface area (Å²) in [5.41, 5.74) is 3.16. The van der Waals surface area contributed by atoms with E-state index in [1.807, 2.05) is 25.1 Å². The van der Waals surface area contributed by atoms with E-state index in [9.17, 15) is 4.79 Å². The SMILES string of the molecule is Cc1cc(NC(=O)c2ccc(I)cc2N2CCC3(CC2)CC3)nc(N2CCOC(C)C2)n1. The zero-order valence-corrected chi connectivity index (χ0v) is 20.9. The van der Waals surface area contributed by atoms with Crippen LogP contribution in [0.15, 0.2) is 24.3 Å². The highest BCUT2D eigenvalue weighted by atomic mass is 127. The Bertz CT molecular complexity index is 1020. The molecular weight excluding hydrogens is 517 g/mol. The van der Waals surface area contributed by atoms with Gasteiger partial charge >= 0.3 is 0 Å². The van der Waals surface area contributed by atoms with Crippen molar-refractivity contribution in [2.45, 2.75) is 45.6 Å². The maximum absolute atomic E-state index is 13.3. The molecule has 1 spiro atoms. The molecule has 2 saturated heterocycles. The molecule has 2 aliphatic heterocycles. The minimum Gasteiger partial charge on any atom is -0.375 e. The van der Waals surface area contributed by atoms with Crippen LogP contribution in [0.1, 0.15) is 48.7 Å². The van der Waals surface area contributed by atoms with Gasteiger partial charge in [-0.05, 0) is 85.7 Å². The first-order valence-electron chi connectivity index (χ1n) is 11.5. The Morgan fingerprint density at radius 1 is 1.12 bits per heavy atom. The molecule has 5 rings (SSSR count). The predicted octanol–water partition coefficient (Wildman–Crippen LogP) is 4.25. The average molecular weight is 547 g/mol. The van der Waals surface area contributed by atoms with Crippen molar-refractivity contribution in [3.63, 3.8) is 0 Å². The van der Waals surface area contributed by atoms with Gasteiger partial charge in [-0.3, -0.25) is 4.79 Å². The number of halogens is 1. The summed E-state index contributed by atoms with van der Waals surface area (Å²) in [7, 11) is 0. The van der Waals surface area contributed by atoms with Gasteiger partial charge in [-0.15, -0.1) is 0 Å². The fourth-order valence-corrected chi connectivity index (χ4v) is 5.27. The van der Waals surface area contributed by atoms with E-state index in [2.05, 4.69) is 60.7 Å². The Morgan fingerprint density at radius 2 is 1.91 bits per heavy atom. The lowest BCUT2D eigenvalue weighted by Crippen LogP contribution is -2.42. The number of rotatable bonds is 4. The molecule has 170 valence electrons. The number of morpholine rings is 1. The molecule has 3 aliphatic rings. The van der Waals surface area contributed by atoms with E-state index in [1.54, 1.807) is 0 Å². The molecule has 0 bridgehead atoms. The molecule has 2 aromatic rings. The Kier molecular flexibility index (Phi) is 6.00. The number of ether oxygens (including phenoxy) is 1. The summed E-state index contributed by atoms with van der Waals surface area (Å²) in [6, 6.07) is 7.89. The summed E-state index contributed by atoms with van der Waals surface area (Å²) in [4.78, 5) is 27.1. The van der Waals surface area contributed by atoms with Crippen LogP contribution in [0.2, 0.25) is 0 Å². The van der Waals surface area contributed by atoms with Gasteiger partial charge in [-0.1, -0.05) is 0 Å². The van der Waals surface area contributed by atoms with E-state index >= 15 is 0 Å². The average Bonchev–Trinajstić information content (AvgIpc) is 3.52. The maximum Gasteiger partial charge on any atom is 0.258 e. The number of nitrogens with zero attached hydrogens (tertiary/aromatic N) is 4. The highest BCUT2D eigenvalue weighted by Crippen LogP contribution is 2.54. The molecule has 8 heteroatoms. The number of hydrogen-bond acceptors (Lipinski definition) is 6. The van der Waals surface area contributed by atoms with Gasteiger partial charge in [0.05, 0.1) is 24.0 Å². The zero-order valence-electron chi connectivity index (χ0n) is 18.7. The van der Waals surface area contributed by atoms with Crippen LogP contribution >= 0.6 is 22.6 Å². The van der Waals surface area contributed by atoms with Crippen molar-refractivity contribution in [2.75, 3.05) is 47.9 Å². The van der Waals surface area contributed by atoms with E-state index in [1.165, 1.54) is 25.7 Å². The van der Waals surface area contributed by atoms with Crippen LogP contribution in [-0.2, 0) is 4.74 Å². The molecule has 3 fully saturated rings. The van der Waals surface area contributed by atoms with E-state index in [4.69, 9.17) is 4.74 Å². The van der Waals surface area contributed by atoms with Crippen LogP contribution in [0.4, 0.5) is 17.5 Å². The number of nitrogens with one attached hydrogen (secondary N) is 1. The van der Waals surface area contributed by atoms with E-state index < -0.39 is 0 Å². The van der Waals surface area contributed by atoms with Gasteiger partial charge < -0.3 is 19.9 Å². The summed E-state index contributed by atoms with van der Waals surface area (Å²) in [5, 5.41) is 3.04. The Morgan fingerprint density at radius 3 is 2.62 bits per heavy atom. The van der Waals surface area contributed by atoms with Crippen molar-refractivity contribution in [3.8, 4) is 0 Å². The van der Waals surface area contributed by atoms with Gasteiger partial charge in [0, 0.05) is 41.5 Å². The smallest absolute Gasteiger partial charge is 0.258 e. The van der Waals surface area contributed by atoms with Crippen LogP contribution in [0, 0.1) is 15.9 Å². The molecule has 1 N–H and O–H groups in total. The number of piperidine rings is 1. The summed E-state index contributed by atoms with van der Waals surface area (Å²) in [6.45, 7) is 8.17. The molecule has 1 aromatic heterocycles. The summed E-state index contributed by atoms with van der Waals surface area (Å²) in [6.07, 6.45) is 5.34. The number of anilines is 3. The third-order valence-corrected chi connectivity index (χ3v) is 7.61. The molecule has 1 saturated carbocycles. The number of benzene rings is 1. The number of hydrogen-bond donors (Lipinski definition) is 1. The summed E-state index contributed by atoms with van der Waals surface area (Å²) < 4.78 is 6.78. The van der Waals surface area contributed by atoms with Gasteiger partial charge in [0.2, 0.25) is 5.95 Å². The summed E-state index contributed by atoms with van der Waals surface area (Å²) >= 11 is 2.32. The fourth-order valence-electron chi connectivity index (χ4n) is 4.80. The third-order valence-electron chi connectivity index (χ3n) is 6.93. The summed E-state index contributed by atoms with van der Waals surface area (Å²) in [5.74, 6) is 1.06. The molecule has 1 aliphatic carbocycles.